The Kier molecular flexibility index (Phi) is 5.24. The van der Waals surface area contributed by atoms with Crippen LogP contribution >= 0.6 is 0 Å². The summed E-state index contributed by atoms with van der Waals surface area (Å²) in [6.07, 6.45) is 7.04. The zero-order valence-corrected chi connectivity index (χ0v) is 16.8. The van der Waals surface area contributed by atoms with E-state index in [-0.39, 0.29) is 11.7 Å². The van der Waals surface area contributed by atoms with Gasteiger partial charge in [0.15, 0.2) is 0 Å². The fourth-order valence-corrected chi connectivity index (χ4v) is 3.60. The van der Waals surface area contributed by atoms with Gasteiger partial charge in [-0.25, -0.2) is 9.78 Å². The molecule has 7 heteroatoms. The summed E-state index contributed by atoms with van der Waals surface area (Å²) in [5.41, 5.74) is 2.01. The van der Waals surface area contributed by atoms with Crippen LogP contribution in [0.25, 0.3) is 11.0 Å². The summed E-state index contributed by atoms with van der Waals surface area (Å²) in [6.45, 7) is 10.9. The smallest absolute Gasteiger partial charge is 0.329 e. The maximum atomic E-state index is 13.3. The second-order valence-corrected chi connectivity index (χ2v) is 7.50. The molecule has 0 saturated heterocycles. The van der Waals surface area contributed by atoms with Crippen molar-refractivity contribution < 1.29 is 5.11 Å². The number of imidazole rings is 2. The minimum absolute atomic E-state index is 0.0442. The summed E-state index contributed by atoms with van der Waals surface area (Å²) in [5, 5.41) is 10.4. The average Bonchev–Trinajstić information content (AvgIpc) is 3.19. The Bertz CT molecular complexity index is 986. The first kappa shape index (κ1) is 19.4. The van der Waals surface area contributed by atoms with Crippen LogP contribution in [-0.4, -0.2) is 28.8 Å². The largest absolute Gasteiger partial charge is 0.384 e. The lowest BCUT2D eigenvalue weighted by Gasteiger charge is -2.17. The summed E-state index contributed by atoms with van der Waals surface area (Å²) < 4.78 is 5.65. The third kappa shape index (κ3) is 3.43. The fourth-order valence-electron chi connectivity index (χ4n) is 3.60. The van der Waals surface area contributed by atoms with Crippen molar-refractivity contribution in [2.75, 3.05) is 0 Å². The van der Waals surface area contributed by atoms with Gasteiger partial charge in [-0.3, -0.25) is 14.1 Å². The first-order chi connectivity index (χ1) is 12.8. The molecule has 0 fully saturated rings. The number of rotatable bonds is 7. The van der Waals surface area contributed by atoms with E-state index in [0.717, 1.165) is 36.1 Å². The lowest BCUT2D eigenvalue weighted by atomic mass is 10.0. The number of nitrogens with zero attached hydrogens (tertiary/aromatic N) is 5. The van der Waals surface area contributed by atoms with Gasteiger partial charge in [-0.1, -0.05) is 13.8 Å². The van der Waals surface area contributed by atoms with E-state index in [2.05, 4.69) is 30.7 Å². The van der Waals surface area contributed by atoms with Crippen LogP contribution in [0.15, 0.2) is 29.6 Å². The summed E-state index contributed by atoms with van der Waals surface area (Å²) >= 11 is 0. The molecule has 0 aliphatic rings. The summed E-state index contributed by atoms with van der Waals surface area (Å²) in [7, 11) is 0. The van der Waals surface area contributed by atoms with Crippen LogP contribution in [0.4, 0.5) is 0 Å². The first-order valence-corrected chi connectivity index (χ1v) is 9.64. The Hall–Kier alpha value is -2.41. The van der Waals surface area contributed by atoms with E-state index in [1.807, 2.05) is 15.2 Å². The highest BCUT2D eigenvalue weighted by Crippen LogP contribution is 2.25. The normalized spacial score (nSPS) is 12.4. The average molecular weight is 371 g/mol. The van der Waals surface area contributed by atoms with E-state index >= 15 is 0 Å². The van der Waals surface area contributed by atoms with Gasteiger partial charge in [0.25, 0.3) is 0 Å². The molecule has 0 atom stereocenters. The maximum Gasteiger partial charge on any atom is 0.329 e. The molecule has 0 bridgehead atoms. The highest BCUT2D eigenvalue weighted by Gasteiger charge is 2.23. The summed E-state index contributed by atoms with van der Waals surface area (Å²) in [4.78, 5) is 22.0. The van der Waals surface area contributed by atoms with E-state index in [4.69, 9.17) is 0 Å². The molecule has 0 aliphatic carbocycles. The molecule has 0 unspecified atom stereocenters. The van der Waals surface area contributed by atoms with Gasteiger partial charge >= 0.3 is 5.69 Å². The first-order valence-electron chi connectivity index (χ1n) is 9.64. The fraction of sp³-hybridized carbons (Fsp3) is 0.550. The summed E-state index contributed by atoms with van der Waals surface area (Å²) in [5.74, 6) is 0. The predicted octanol–water partition coefficient (Wildman–Crippen LogP) is 3.05. The van der Waals surface area contributed by atoms with Crippen molar-refractivity contribution in [3.63, 3.8) is 0 Å². The van der Waals surface area contributed by atoms with Crippen LogP contribution in [0.3, 0.4) is 0 Å². The zero-order valence-electron chi connectivity index (χ0n) is 16.8. The molecule has 7 nitrogen and oxygen atoms in total. The molecule has 3 heterocycles. The second kappa shape index (κ2) is 7.31. The maximum absolute atomic E-state index is 13.3. The van der Waals surface area contributed by atoms with Gasteiger partial charge in [-0.15, -0.1) is 0 Å². The molecular formula is C20H29N5O2. The van der Waals surface area contributed by atoms with Gasteiger partial charge in [-0.05, 0) is 39.7 Å². The lowest BCUT2D eigenvalue weighted by molar-refractivity contribution is 0.0740. The van der Waals surface area contributed by atoms with E-state index in [9.17, 15) is 9.90 Å². The molecule has 3 aromatic rings. The van der Waals surface area contributed by atoms with Crippen molar-refractivity contribution >= 4 is 11.0 Å². The Morgan fingerprint density at radius 2 is 1.85 bits per heavy atom. The highest BCUT2D eigenvalue weighted by atomic mass is 16.3. The number of fused-ring (bicyclic) bond motifs is 1. The van der Waals surface area contributed by atoms with Crippen molar-refractivity contribution in [1.82, 2.24) is 23.7 Å². The third-order valence-corrected chi connectivity index (χ3v) is 5.24. The van der Waals surface area contributed by atoms with Crippen molar-refractivity contribution in [1.29, 1.82) is 0 Å². The van der Waals surface area contributed by atoms with Gasteiger partial charge in [0.2, 0.25) is 0 Å². The number of aryl methyl sites for hydroxylation is 1. The minimum atomic E-state index is -1.07. The van der Waals surface area contributed by atoms with Gasteiger partial charge < -0.3 is 9.67 Å². The molecule has 3 rings (SSSR count). The van der Waals surface area contributed by atoms with Gasteiger partial charge in [0.1, 0.15) is 5.60 Å². The van der Waals surface area contributed by atoms with E-state index < -0.39 is 5.60 Å². The van der Waals surface area contributed by atoms with Crippen LogP contribution in [0, 0.1) is 0 Å². The van der Waals surface area contributed by atoms with E-state index in [1.165, 1.54) is 0 Å². The van der Waals surface area contributed by atoms with E-state index in [1.54, 1.807) is 37.1 Å². The molecule has 0 amide bonds. The molecule has 27 heavy (non-hydrogen) atoms. The van der Waals surface area contributed by atoms with Gasteiger partial charge in [0, 0.05) is 18.8 Å². The minimum Gasteiger partial charge on any atom is -0.384 e. The standard InChI is InChI=1S/C20H29N5O2/c1-6-14(7-2)25-17-11-22-18(20(4,5)27)9-16(17)24(19(25)26)12-15-10-21-13-23(15)8-3/h9-11,13-14,27H,6-8,12H2,1-5H3. The predicted molar refractivity (Wildman–Crippen MR) is 106 cm³/mol. The van der Waals surface area contributed by atoms with Crippen molar-refractivity contribution in [3.05, 3.63) is 46.7 Å². The number of pyridine rings is 1. The number of aromatic nitrogens is 5. The Labute approximate surface area is 159 Å². The zero-order chi connectivity index (χ0) is 19.8. The van der Waals surface area contributed by atoms with E-state index in [0.29, 0.717) is 12.2 Å². The number of hydrogen-bond acceptors (Lipinski definition) is 4. The van der Waals surface area contributed by atoms with Crippen LogP contribution in [-0.2, 0) is 18.7 Å². The molecule has 0 aliphatic heterocycles. The molecule has 0 radical (unpaired) electrons. The van der Waals surface area contributed by atoms with Crippen molar-refractivity contribution in [3.8, 4) is 0 Å². The number of aliphatic hydroxyl groups is 1. The molecule has 0 spiro atoms. The molecule has 0 aromatic carbocycles. The topological polar surface area (TPSA) is 77.9 Å². The molecular weight excluding hydrogens is 342 g/mol. The SMILES string of the molecule is CCC(CC)n1c(=O)n(Cc2cncn2CC)c2cc(C(C)(C)O)ncc21. The third-order valence-electron chi connectivity index (χ3n) is 5.24. The second-order valence-electron chi connectivity index (χ2n) is 7.50. The van der Waals surface area contributed by atoms with Crippen molar-refractivity contribution in [2.24, 2.45) is 0 Å². The molecule has 1 N–H and O–H groups in total. The van der Waals surface area contributed by atoms with Gasteiger partial charge in [0.05, 0.1) is 41.5 Å². The Morgan fingerprint density at radius 1 is 1.15 bits per heavy atom. The van der Waals surface area contributed by atoms with Crippen LogP contribution in [0.1, 0.15) is 64.9 Å². The quantitative estimate of drug-likeness (QED) is 0.692. The summed E-state index contributed by atoms with van der Waals surface area (Å²) in [6, 6.07) is 1.95. The lowest BCUT2D eigenvalue weighted by Crippen LogP contribution is -2.28. The molecule has 0 saturated carbocycles. The Morgan fingerprint density at radius 3 is 2.44 bits per heavy atom. The molecule has 3 aromatic heterocycles. The highest BCUT2D eigenvalue weighted by molar-refractivity contribution is 5.76. The van der Waals surface area contributed by atoms with Crippen molar-refractivity contribution in [2.45, 2.75) is 72.2 Å². The van der Waals surface area contributed by atoms with Crippen LogP contribution < -0.4 is 5.69 Å². The van der Waals surface area contributed by atoms with Gasteiger partial charge in [-0.2, -0.15) is 0 Å². The van der Waals surface area contributed by atoms with Crippen LogP contribution in [0.2, 0.25) is 0 Å². The molecule has 146 valence electrons. The Balaban J connectivity index is 2.26. The number of hydrogen-bond donors (Lipinski definition) is 1. The van der Waals surface area contributed by atoms with Crippen LogP contribution in [0.5, 0.6) is 0 Å². The monoisotopic (exact) mass is 371 g/mol.